The molecule has 0 saturated carbocycles. The fraction of sp³-hybridized carbons (Fsp3) is 0.0526. The standard InChI is InChI=1S/C38H32P2.Pt/c1-5-19-33(20-6-1)39(34-21-7-2-8-22-34)37-27-15-13-17-31(37)29-30-32-18-14-16-28-38(32)40(35-23-9-3-10-24-35)36-25-11-4-12-26-36;/h1-28H,29-30H2;. The Hall–Kier alpha value is -3.13. The third-order valence-corrected chi connectivity index (χ3v) is 12.3. The molecule has 6 aromatic carbocycles. The van der Waals surface area contributed by atoms with Gasteiger partial charge in [-0.2, -0.15) is 0 Å². The van der Waals surface area contributed by atoms with Crippen LogP contribution in [-0.2, 0) is 33.9 Å². The molecule has 0 N–H and O–H groups in total. The molecular weight excluding hydrogens is 713 g/mol. The predicted molar refractivity (Wildman–Crippen MR) is 178 cm³/mol. The van der Waals surface area contributed by atoms with Gasteiger partial charge in [0.05, 0.1) is 0 Å². The van der Waals surface area contributed by atoms with Gasteiger partial charge in [-0.1, -0.05) is 170 Å². The summed E-state index contributed by atoms with van der Waals surface area (Å²) in [5, 5.41) is 8.50. The van der Waals surface area contributed by atoms with Crippen LogP contribution in [0.5, 0.6) is 0 Å². The quantitative estimate of drug-likeness (QED) is 0.140. The molecular formula is C38H32P2Pt. The summed E-state index contributed by atoms with van der Waals surface area (Å²) < 4.78 is 0. The van der Waals surface area contributed by atoms with Crippen LogP contribution in [0.2, 0.25) is 0 Å². The van der Waals surface area contributed by atoms with Crippen molar-refractivity contribution in [1.82, 2.24) is 0 Å². The third kappa shape index (κ3) is 7.03. The van der Waals surface area contributed by atoms with Crippen LogP contribution in [0, 0.1) is 0 Å². The minimum Gasteiger partial charge on any atom is -0.0622 e. The van der Waals surface area contributed by atoms with Gasteiger partial charge >= 0.3 is 0 Å². The maximum atomic E-state index is 2.35. The van der Waals surface area contributed by atoms with Crippen LogP contribution in [0.4, 0.5) is 0 Å². The van der Waals surface area contributed by atoms with Gasteiger partial charge in [0.1, 0.15) is 0 Å². The maximum absolute atomic E-state index is 2.35. The number of hydrogen-bond acceptors (Lipinski definition) is 0. The van der Waals surface area contributed by atoms with Crippen molar-refractivity contribution in [1.29, 1.82) is 0 Å². The molecule has 0 unspecified atom stereocenters. The van der Waals surface area contributed by atoms with Crippen LogP contribution in [0.1, 0.15) is 11.1 Å². The summed E-state index contributed by atoms with van der Waals surface area (Å²) in [7, 11) is -1.27. The maximum Gasteiger partial charge on any atom is 0 e. The van der Waals surface area contributed by atoms with Crippen LogP contribution in [0.25, 0.3) is 0 Å². The van der Waals surface area contributed by atoms with Crippen LogP contribution in [0.15, 0.2) is 170 Å². The minimum atomic E-state index is -0.636. The zero-order valence-electron chi connectivity index (χ0n) is 22.8. The minimum absolute atomic E-state index is 0. The molecule has 0 nitrogen and oxygen atoms in total. The summed E-state index contributed by atoms with van der Waals surface area (Å²) in [6, 6.07) is 62.3. The first-order valence-corrected chi connectivity index (χ1v) is 16.5. The van der Waals surface area contributed by atoms with E-state index in [-0.39, 0.29) is 21.1 Å². The summed E-state index contributed by atoms with van der Waals surface area (Å²) >= 11 is 0. The fourth-order valence-electron chi connectivity index (χ4n) is 5.31. The summed E-state index contributed by atoms with van der Waals surface area (Å²) in [5.41, 5.74) is 2.89. The zero-order chi connectivity index (χ0) is 27.0. The molecule has 0 spiro atoms. The van der Waals surface area contributed by atoms with Crippen molar-refractivity contribution in [3.8, 4) is 0 Å². The Morgan fingerprint density at radius 3 is 0.829 bits per heavy atom. The molecule has 0 aromatic heterocycles. The summed E-state index contributed by atoms with van der Waals surface area (Å²) in [6.07, 6.45) is 2.02. The van der Waals surface area contributed by atoms with Crippen molar-refractivity contribution in [3.05, 3.63) is 181 Å². The van der Waals surface area contributed by atoms with E-state index in [4.69, 9.17) is 0 Å². The normalized spacial score (nSPS) is 10.9. The monoisotopic (exact) mass is 745 g/mol. The summed E-state index contributed by atoms with van der Waals surface area (Å²) in [6.45, 7) is 0. The van der Waals surface area contributed by atoms with E-state index in [9.17, 15) is 0 Å². The van der Waals surface area contributed by atoms with Gasteiger partial charge in [-0.05, 0) is 71.6 Å². The number of aryl methyl sites for hydroxylation is 2. The molecule has 0 radical (unpaired) electrons. The first-order valence-electron chi connectivity index (χ1n) is 13.8. The van der Waals surface area contributed by atoms with Crippen molar-refractivity contribution in [2.24, 2.45) is 0 Å². The number of hydrogen-bond donors (Lipinski definition) is 0. The molecule has 0 amide bonds. The summed E-state index contributed by atoms with van der Waals surface area (Å²) in [4.78, 5) is 0. The van der Waals surface area contributed by atoms with E-state index in [0.717, 1.165) is 12.8 Å². The van der Waals surface area contributed by atoms with E-state index < -0.39 is 15.8 Å². The van der Waals surface area contributed by atoms with E-state index in [1.54, 1.807) is 0 Å². The molecule has 0 bridgehead atoms. The second-order valence-electron chi connectivity index (χ2n) is 9.77. The van der Waals surface area contributed by atoms with Crippen LogP contribution in [0.3, 0.4) is 0 Å². The Morgan fingerprint density at radius 2 is 0.537 bits per heavy atom. The van der Waals surface area contributed by atoms with E-state index in [0.29, 0.717) is 0 Å². The van der Waals surface area contributed by atoms with Gasteiger partial charge in [0.25, 0.3) is 0 Å². The number of rotatable bonds is 9. The summed E-state index contributed by atoms with van der Waals surface area (Å²) in [5.74, 6) is 0. The molecule has 0 atom stereocenters. The van der Waals surface area contributed by atoms with Crippen LogP contribution in [-0.4, -0.2) is 0 Å². The van der Waals surface area contributed by atoms with Gasteiger partial charge in [0, 0.05) is 21.1 Å². The SMILES string of the molecule is [Pt].c1ccc(P(c2ccccc2)c2ccccc2CCc2ccccc2P(c2ccccc2)c2ccccc2)cc1. The van der Waals surface area contributed by atoms with Crippen LogP contribution >= 0.6 is 15.8 Å². The number of benzene rings is 6. The fourth-order valence-corrected chi connectivity index (χ4v) is 10.3. The molecule has 0 aliphatic heterocycles. The van der Waals surface area contributed by atoms with Crippen molar-refractivity contribution in [3.63, 3.8) is 0 Å². The van der Waals surface area contributed by atoms with Gasteiger partial charge in [-0.25, -0.2) is 0 Å². The molecule has 6 rings (SSSR count). The third-order valence-electron chi connectivity index (χ3n) is 7.19. The molecule has 6 aromatic rings. The Kier molecular flexibility index (Phi) is 10.5. The molecule has 0 saturated heterocycles. The smallest absolute Gasteiger partial charge is 0 e. The van der Waals surface area contributed by atoms with Gasteiger partial charge in [-0.3, -0.25) is 0 Å². The van der Waals surface area contributed by atoms with E-state index >= 15 is 0 Å². The van der Waals surface area contributed by atoms with Crippen molar-refractivity contribution in [2.75, 3.05) is 0 Å². The van der Waals surface area contributed by atoms with Gasteiger partial charge in [-0.15, -0.1) is 0 Å². The molecule has 0 aliphatic rings. The second kappa shape index (κ2) is 14.7. The average Bonchev–Trinajstić information content (AvgIpc) is 3.04. The Bertz CT molecular complexity index is 1430. The molecule has 0 heterocycles. The van der Waals surface area contributed by atoms with E-state index in [1.807, 2.05) is 0 Å². The molecule has 204 valence electrons. The largest absolute Gasteiger partial charge is 0.0622 e. The zero-order valence-corrected chi connectivity index (χ0v) is 26.9. The average molecular weight is 746 g/mol. The molecule has 0 aliphatic carbocycles. The van der Waals surface area contributed by atoms with Gasteiger partial charge in [0.2, 0.25) is 0 Å². The van der Waals surface area contributed by atoms with Crippen molar-refractivity contribution in [2.45, 2.75) is 12.8 Å². The Morgan fingerprint density at radius 1 is 0.293 bits per heavy atom. The molecule has 41 heavy (non-hydrogen) atoms. The van der Waals surface area contributed by atoms with Gasteiger partial charge in [0.15, 0.2) is 0 Å². The van der Waals surface area contributed by atoms with Gasteiger partial charge < -0.3 is 0 Å². The second-order valence-corrected chi connectivity index (χ2v) is 14.1. The Balaban J connectivity index is 0.00000337. The van der Waals surface area contributed by atoms with Crippen LogP contribution < -0.4 is 31.8 Å². The van der Waals surface area contributed by atoms with Crippen molar-refractivity contribution >= 4 is 47.7 Å². The van der Waals surface area contributed by atoms with Crippen molar-refractivity contribution < 1.29 is 21.1 Å². The topological polar surface area (TPSA) is 0 Å². The van der Waals surface area contributed by atoms with E-state index in [2.05, 4.69) is 170 Å². The first kappa shape index (κ1) is 29.4. The van der Waals surface area contributed by atoms with E-state index in [1.165, 1.54) is 43.0 Å². The predicted octanol–water partition coefficient (Wildman–Crippen LogP) is 6.99. The Labute approximate surface area is 261 Å². The molecule has 3 heteroatoms. The molecule has 0 fully saturated rings. The first-order chi connectivity index (χ1) is 19.9.